The molecule has 0 radical (unpaired) electrons. The normalized spacial score (nSPS) is 13.5. The van der Waals surface area contributed by atoms with E-state index in [-0.39, 0.29) is 33.0 Å². The predicted octanol–water partition coefficient (Wildman–Crippen LogP) is 3.30. The number of esters is 2. The van der Waals surface area contributed by atoms with Gasteiger partial charge >= 0.3 is 11.9 Å². The van der Waals surface area contributed by atoms with Gasteiger partial charge in [0.25, 0.3) is 0 Å². The Hall–Kier alpha value is 0.360. The second-order valence-electron chi connectivity index (χ2n) is 4.46. The molecule has 0 saturated carbocycles. The third kappa shape index (κ3) is 11.6. The van der Waals surface area contributed by atoms with Crippen LogP contribution in [0.4, 0.5) is 0 Å². The standard InChI is InChI=1S/C14H24I2O5/c1-3-5-11(15)13(17)20-9-7-19-8-10-21-14(18)12(16)6-4-2/h11-12H,3-10H2,1-2H3. The fourth-order valence-corrected chi connectivity index (χ4v) is 3.03. The van der Waals surface area contributed by atoms with Gasteiger partial charge in [-0.05, 0) is 12.8 Å². The van der Waals surface area contributed by atoms with Crippen LogP contribution in [0.15, 0.2) is 0 Å². The molecular formula is C14H24I2O5. The lowest BCUT2D eigenvalue weighted by atomic mass is 10.2. The lowest BCUT2D eigenvalue weighted by Gasteiger charge is -2.11. The third-order valence-electron chi connectivity index (χ3n) is 2.54. The number of alkyl halides is 2. The van der Waals surface area contributed by atoms with Crippen LogP contribution < -0.4 is 0 Å². The summed E-state index contributed by atoms with van der Waals surface area (Å²) in [5.74, 6) is -0.389. The molecule has 0 amide bonds. The quantitative estimate of drug-likeness (QED) is 0.169. The molecule has 0 spiro atoms. The number of hydrogen-bond donors (Lipinski definition) is 0. The van der Waals surface area contributed by atoms with Crippen molar-refractivity contribution in [3.05, 3.63) is 0 Å². The Kier molecular flexibility index (Phi) is 14.2. The van der Waals surface area contributed by atoms with Crippen molar-refractivity contribution in [2.24, 2.45) is 0 Å². The molecule has 2 unspecified atom stereocenters. The summed E-state index contributed by atoms with van der Waals surface area (Å²) in [5, 5.41) is 0. The first kappa shape index (κ1) is 21.4. The van der Waals surface area contributed by atoms with Crippen molar-refractivity contribution in [2.45, 2.75) is 47.4 Å². The van der Waals surface area contributed by atoms with Gasteiger partial charge in [0, 0.05) is 0 Å². The molecule has 0 aliphatic heterocycles. The third-order valence-corrected chi connectivity index (χ3v) is 4.80. The lowest BCUT2D eigenvalue weighted by molar-refractivity contribution is -0.145. The number of halogens is 2. The number of carbonyl (C=O) groups excluding carboxylic acids is 2. The fourth-order valence-electron chi connectivity index (χ4n) is 1.43. The summed E-state index contributed by atoms with van der Waals surface area (Å²) in [6.07, 6.45) is 3.57. The van der Waals surface area contributed by atoms with Crippen molar-refractivity contribution in [1.82, 2.24) is 0 Å². The van der Waals surface area contributed by atoms with E-state index in [1.165, 1.54) is 0 Å². The maximum absolute atomic E-state index is 11.5. The molecule has 0 bridgehead atoms. The molecule has 0 rings (SSSR count). The first-order valence-electron chi connectivity index (χ1n) is 7.22. The minimum absolute atomic E-state index is 0.0901. The average Bonchev–Trinajstić information content (AvgIpc) is 2.46. The zero-order chi connectivity index (χ0) is 16.1. The van der Waals surface area contributed by atoms with Crippen LogP contribution in [0.3, 0.4) is 0 Å². The molecule has 0 aromatic heterocycles. The summed E-state index contributed by atoms with van der Waals surface area (Å²) in [7, 11) is 0. The van der Waals surface area contributed by atoms with E-state index in [1.807, 2.05) is 13.8 Å². The van der Waals surface area contributed by atoms with Crippen LogP contribution in [0.25, 0.3) is 0 Å². The van der Waals surface area contributed by atoms with Crippen LogP contribution in [0.1, 0.15) is 39.5 Å². The van der Waals surface area contributed by atoms with Gasteiger partial charge in [0.15, 0.2) is 0 Å². The largest absolute Gasteiger partial charge is 0.462 e. The van der Waals surface area contributed by atoms with Crippen LogP contribution in [-0.4, -0.2) is 46.2 Å². The van der Waals surface area contributed by atoms with Gasteiger partial charge in [0.1, 0.15) is 21.1 Å². The molecule has 5 nitrogen and oxygen atoms in total. The SMILES string of the molecule is CCCC(I)C(=O)OCCOCCOC(=O)C(I)CCC. The highest BCUT2D eigenvalue weighted by Gasteiger charge is 2.15. The van der Waals surface area contributed by atoms with Crippen molar-refractivity contribution in [2.75, 3.05) is 26.4 Å². The van der Waals surface area contributed by atoms with Crippen LogP contribution in [0.2, 0.25) is 0 Å². The van der Waals surface area contributed by atoms with E-state index in [9.17, 15) is 9.59 Å². The first-order valence-corrected chi connectivity index (χ1v) is 9.71. The van der Waals surface area contributed by atoms with Crippen LogP contribution in [0.5, 0.6) is 0 Å². The van der Waals surface area contributed by atoms with Gasteiger partial charge in [-0.3, -0.25) is 9.59 Å². The van der Waals surface area contributed by atoms with Crippen molar-refractivity contribution in [3.63, 3.8) is 0 Å². The minimum Gasteiger partial charge on any atom is -0.462 e. The van der Waals surface area contributed by atoms with E-state index in [0.717, 1.165) is 25.7 Å². The Labute approximate surface area is 154 Å². The van der Waals surface area contributed by atoms with Crippen LogP contribution in [0, 0.1) is 0 Å². The van der Waals surface area contributed by atoms with Crippen molar-refractivity contribution in [1.29, 1.82) is 0 Å². The number of ether oxygens (including phenoxy) is 3. The second kappa shape index (κ2) is 14.0. The van der Waals surface area contributed by atoms with Gasteiger partial charge in [-0.25, -0.2) is 0 Å². The molecule has 2 atom stereocenters. The van der Waals surface area contributed by atoms with E-state index in [0.29, 0.717) is 13.2 Å². The molecule has 21 heavy (non-hydrogen) atoms. The van der Waals surface area contributed by atoms with E-state index in [1.54, 1.807) is 0 Å². The molecule has 7 heteroatoms. The highest BCUT2D eigenvalue weighted by Crippen LogP contribution is 2.11. The molecule has 0 saturated heterocycles. The zero-order valence-electron chi connectivity index (χ0n) is 12.6. The zero-order valence-corrected chi connectivity index (χ0v) is 16.9. The highest BCUT2D eigenvalue weighted by molar-refractivity contribution is 14.1. The average molecular weight is 526 g/mol. The fraction of sp³-hybridized carbons (Fsp3) is 0.857. The van der Waals surface area contributed by atoms with E-state index >= 15 is 0 Å². The van der Waals surface area contributed by atoms with Crippen LogP contribution in [-0.2, 0) is 23.8 Å². The molecule has 0 heterocycles. The Bertz CT molecular complexity index is 271. The van der Waals surface area contributed by atoms with Crippen molar-refractivity contribution < 1.29 is 23.8 Å². The molecule has 0 N–H and O–H groups in total. The van der Waals surface area contributed by atoms with Crippen molar-refractivity contribution in [3.8, 4) is 0 Å². The topological polar surface area (TPSA) is 61.8 Å². The lowest BCUT2D eigenvalue weighted by Crippen LogP contribution is -2.21. The number of carbonyl (C=O) groups is 2. The predicted molar refractivity (Wildman–Crippen MR) is 98.2 cm³/mol. The van der Waals surface area contributed by atoms with Crippen LogP contribution >= 0.6 is 45.2 Å². The second-order valence-corrected chi connectivity index (χ2v) is 7.47. The molecule has 0 aromatic rings. The Morgan fingerprint density at radius 3 is 1.52 bits per heavy atom. The van der Waals surface area contributed by atoms with Crippen molar-refractivity contribution >= 4 is 57.1 Å². The maximum atomic E-state index is 11.5. The molecular weight excluding hydrogens is 502 g/mol. The number of hydrogen-bond acceptors (Lipinski definition) is 5. The van der Waals surface area contributed by atoms with Gasteiger partial charge in [0.2, 0.25) is 0 Å². The van der Waals surface area contributed by atoms with Gasteiger partial charge in [-0.1, -0.05) is 71.9 Å². The highest BCUT2D eigenvalue weighted by atomic mass is 127. The molecule has 0 aliphatic carbocycles. The Morgan fingerprint density at radius 2 is 1.19 bits per heavy atom. The molecule has 0 aromatic carbocycles. The van der Waals surface area contributed by atoms with E-state index in [4.69, 9.17) is 14.2 Å². The monoisotopic (exact) mass is 526 g/mol. The van der Waals surface area contributed by atoms with E-state index < -0.39 is 0 Å². The maximum Gasteiger partial charge on any atom is 0.318 e. The van der Waals surface area contributed by atoms with E-state index in [2.05, 4.69) is 45.2 Å². The van der Waals surface area contributed by atoms with Gasteiger partial charge in [-0.15, -0.1) is 0 Å². The molecule has 0 fully saturated rings. The summed E-state index contributed by atoms with van der Waals surface area (Å²) in [6, 6.07) is 0. The summed E-state index contributed by atoms with van der Waals surface area (Å²) < 4.78 is 15.2. The summed E-state index contributed by atoms with van der Waals surface area (Å²) in [6.45, 7) is 5.18. The first-order chi connectivity index (χ1) is 10.0. The smallest absolute Gasteiger partial charge is 0.318 e. The number of rotatable bonds is 12. The summed E-state index contributed by atoms with van der Waals surface area (Å²) >= 11 is 4.18. The molecule has 0 aliphatic rings. The van der Waals surface area contributed by atoms with Gasteiger partial charge in [-0.2, -0.15) is 0 Å². The minimum atomic E-state index is -0.195. The summed E-state index contributed by atoms with van der Waals surface area (Å²) in [4.78, 5) is 23.0. The molecule has 124 valence electrons. The Balaban J connectivity index is 3.48. The van der Waals surface area contributed by atoms with Gasteiger partial charge in [0.05, 0.1) is 13.2 Å². The summed E-state index contributed by atoms with van der Waals surface area (Å²) in [5.41, 5.74) is 0. The van der Waals surface area contributed by atoms with Gasteiger partial charge < -0.3 is 14.2 Å². The Morgan fingerprint density at radius 1 is 0.810 bits per heavy atom.